The molecule has 4 unspecified atom stereocenters. The predicted molar refractivity (Wildman–Crippen MR) is 83.7 cm³/mol. The molecule has 22 heavy (non-hydrogen) atoms. The number of hydrogen-bond acceptors (Lipinski definition) is 4. The lowest BCUT2D eigenvalue weighted by Gasteiger charge is -2.36. The van der Waals surface area contributed by atoms with Gasteiger partial charge in [-0.15, -0.1) is 0 Å². The normalized spacial score (nSPS) is 28.0. The number of nitrogens with zero attached hydrogens (tertiary/aromatic N) is 3. The number of methoxy groups -OCH3 is 1. The van der Waals surface area contributed by atoms with Gasteiger partial charge in [-0.1, -0.05) is 24.2 Å². The SMILES string of the molecule is COc1ccc(COCC2CC(C)C(N=[N+]=[N-])C(C)O2)cc1. The average Bonchev–Trinajstić information content (AvgIpc) is 2.51. The summed E-state index contributed by atoms with van der Waals surface area (Å²) in [6, 6.07) is 7.73. The van der Waals surface area contributed by atoms with Gasteiger partial charge in [-0.2, -0.15) is 0 Å². The van der Waals surface area contributed by atoms with Crippen molar-refractivity contribution < 1.29 is 14.2 Å². The summed E-state index contributed by atoms with van der Waals surface area (Å²) in [4.78, 5) is 2.90. The maximum atomic E-state index is 8.59. The van der Waals surface area contributed by atoms with Crippen LogP contribution >= 0.6 is 0 Å². The quantitative estimate of drug-likeness (QED) is 0.457. The minimum absolute atomic E-state index is 0.0494. The third kappa shape index (κ3) is 4.37. The lowest BCUT2D eigenvalue weighted by atomic mass is 9.89. The molecular weight excluding hydrogens is 282 g/mol. The molecule has 0 bridgehead atoms. The predicted octanol–water partition coefficient (Wildman–Crippen LogP) is 3.70. The molecule has 1 saturated heterocycles. The van der Waals surface area contributed by atoms with Gasteiger partial charge in [-0.05, 0) is 42.5 Å². The smallest absolute Gasteiger partial charge is 0.118 e. The zero-order chi connectivity index (χ0) is 15.9. The third-order valence-corrected chi connectivity index (χ3v) is 4.02. The van der Waals surface area contributed by atoms with Crippen LogP contribution in [-0.2, 0) is 16.1 Å². The van der Waals surface area contributed by atoms with Gasteiger partial charge in [0.15, 0.2) is 0 Å². The first-order valence-electron chi connectivity index (χ1n) is 7.54. The van der Waals surface area contributed by atoms with Gasteiger partial charge < -0.3 is 14.2 Å². The molecule has 4 atom stereocenters. The number of benzene rings is 1. The van der Waals surface area contributed by atoms with Crippen LogP contribution in [0.2, 0.25) is 0 Å². The van der Waals surface area contributed by atoms with Gasteiger partial charge in [-0.3, -0.25) is 0 Å². The average molecular weight is 305 g/mol. The molecule has 0 saturated carbocycles. The van der Waals surface area contributed by atoms with E-state index in [1.165, 1.54) is 0 Å². The summed E-state index contributed by atoms with van der Waals surface area (Å²) in [6.45, 7) is 5.14. The van der Waals surface area contributed by atoms with Crippen molar-refractivity contribution >= 4 is 0 Å². The van der Waals surface area contributed by atoms with Crippen molar-refractivity contribution in [3.05, 3.63) is 40.3 Å². The van der Waals surface area contributed by atoms with Crippen molar-refractivity contribution in [3.63, 3.8) is 0 Å². The van der Waals surface area contributed by atoms with Crippen molar-refractivity contribution in [3.8, 4) is 5.75 Å². The van der Waals surface area contributed by atoms with Gasteiger partial charge in [0.05, 0.1) is 38.6 Å². The van der Waals surface area contributed by atoms with Crippen LogP contribution in [0.25, 0.3) is 10.4 Å². The van der Waals surface area contributed by atoms with Gasteiger partial charge in [0, 0.05) is 4.91 Å². The highest BCUT2D eigenvalue weighted by atomic mass is 16.5. The molecule has 0 spiro atoms. The monoisotopic (exact) mass is 305 g/mol. The summed E-state index contributed by atoms with van der Waals surface area (Å²) in [6.07, 6.45) is 0.819. The molecule has 0 amide bonds. The molecule has 0 aliphatic carbocycles. The van der Waals surface area contributed by atoms with E-state index in [-0.39, 0.29) is 18.2 Å². The van der Waals surface area contributed by atoms with Crippen LogP contribution in [0.4, 0.5) is 0 Å². The first-order chi connectivity index (χ1) is 10.6. The van der Waals surface area contributed by atoms with E-state index in [4.69, 9.17) is 19.7 Å². The fourth-order valence-electron chi connectivity index (χ4n) is 2.86. The highest BCUT2D eigenvalue weighted by Gasteiger charge is 2.33. The fourth-order valence-corrected chi connectivity index (χ4v) is 2.86. The maximum absolute atomic E-state index is 8.59. The van der Waals surface area contributed by atoms with Crippen LogP contribution in [0.15, 0.2) is 29.4 Å². The second kappa shape index (κ2) is 8.03. The lowest BCUT2D eigenvalue weighted by molar-refractivity contribution is -0.105. The molecule has 1 heterocycles. The Bertz CT molecular complexity index is 502. The first kappa shape index (κ1) is 16.6. The molecule has 6 nitrogen and oxygen atoms in total. The van der Waals surface area contributed by atoms with E-state index in [1.807, 2.05) is 31.2 Å². The number of hydrogen-bond donors (Lipinski definition) is 0. The summed E-state index contributed by atoms with van der Waals surface area (Å²) in [5, 5.41) is 3.83. The Balaban J connectivity index is 1.78. The van der Waals surface area contributed by atoms with Gasteiger partial charge in [0.1, 0.15) is 5.75 Å². The number of azide groups is 1. The second-order valence-corrected chi connectivity index (χ2v) is 5.73. The molecular formula is C16H23N3O3. The van der Waals surface area contributed by atoms with Crippen LogP contribution in [0.5, 0.6) is 5.75 Å². The minimum atomic E-state index is -0.0946. The molecule has 1 aromatic carbocycles. The molecule has 0 aromatic heterocycles. The molecule has 0 radical (unpaired) electrons. The van der Waals surface area contributed by atoms with E-state index in [9.17, 15) is 0 Å². The summed E-state index contributed by atoms with van der Waals surface area (Å²) in [5.41, 5.74) is 9.70. The van der Waals surface area contributed by atoms with Crippen LogP contribution in [0.3, 0.4) is 0 Å². The van der Waals surface area contributed by atoms with E-state index >= 15 is 0 Å². The summed E-state index contributed by atoms with van der Waals surface area (Å²) < 4.78 is 16.8. The highest BCUT2D eigenvalue weighted by Crippen LogP contribution is 2.28. The molecule has 1 fully saturated rings. The molecule has 1 aliphatic rings. The van der Waals surface area contributed by atoms with E-state index in [1.54, 1.807) is 7.11 Å². The largest absolute Gasteiger partial charge is 0.497 e. The van der Waals surface area contributed by atoms with Crippen molar-refractivity contribution in [2.45, 2.75) is 45.1 Å². The summed E-state index contributed by atoms with van der Waals surface area (Å²) >= 11 is 0. The zero-order valence-electron chi connectivity index (χ0n) is 13.3. The van der Waals surface area contributed by atoms with E-state index in [0.717, 1.165) is 17.7 Å². The van der Waals surface area contributed by atoms with E-state index in [0.29, 0.717) is 19.1 Å². The summed E-state index contributed by atoms with van der Waals surface area (Å²) in [5.74, 6) is 1.14. The molecule has 6 heteroatoms. The lowest BCUT2D eigenvalue weighted by Crippen LogP contribution is -2.42. The minimum Gasteiger partial charge on any atom is -0.497 e. The zero-order valence-corrected chi connectivity index (χ0v) is 13.3. The van der Waals surface area contributed by atoms with Crippen molar-refractivity contribution in [2.24, 2.45) is 11.0 Å². The van der Waals surface area contributed by atoms with Crippen molar-refractivity contribution in [2.75, 3.05) is 13.7 Å². The Morgan fingerprint density at radius 3 is 2.64 bits per heavy atom. The van der Waals surface area contributed by atoms with Gasteiger partial charge in [0.2, 0.25) is 0 Å². The Labute approximate surface area is 131 Å². The molecule has 1 aromatic rings. The molecule has 0 N–H and O–H groups in total. The standard InChI is InChI=1S/C16H23N3O3/c1-11-8-15(22-12(2)16(11)18-19-17)10-21-9-13-4-6-14(20-3)7-5-13/h4-7,11-12,15-16H,8-10H2,1-3H3. The van der Waals surface area contributed by atoms with Crippen LogP contribution in [0.1, 0.15) is 25.8 Å². The molecule has 2 rings (SSSR count). The maximum Gasteiger partial charge on any atom is 0.118 e. The Morgan fingerprint density at radius 2 is 2.05 bits per heavy atom. The van der Waals surface area contributed by atoms with E-state index in [2.05, 4.69) is 16.9 Å². The fraction of sp³-hybridized carbons (Fsp3) is 0.625. The Morgan fingerprint density at radius 1 is 1.32 bits per heavy atom. The van der Waals surface area contributed by atoms with Crippen LogP contribution < -0.4 is 4.74 Å². The Kier molecular flexibility index (Phi) is 6.07. The number of ether oxygens (including phenoxy) is 3. The van der Waals surface area contributed by atoms with Gasteiger partial charge in [-0.25, -0.2) is 0 Å². The van der Waals surface area contributed by atoms with Crippen LogP contribution in [0, 0.1) is 5.92 Å². The highest BCUT2D eigenvalue weighted by molar-refractivity contribution is 5.26. The number of rotatable bonds is 6. The first-order valence-corrected chi connectivity index (χ1v) is 7.54. The third-order valence-electron chi connectivity index (χ3n) is 4.02. The Hall–Kier alpha value is -1.75. The molecule has 1 aliphatic heterocycles. The van der Waals surface area contributed by atoms with Crippen LogP contribution in [-0.4, -0.2) is 32.0 Å². The van der Waals surface area contributed by atoms with E-state index < -0.39 is 0 Å². The van der Waals surface area contributed by atoms with Crippen molar-refractivity contribution in [1.29, 1.82) is 0 Å². The summed E-state index contributed by atoms with van der Waals surface area (Å²) in [7, 11) is 1.65. The van der Waals surface area contributed by atoms with Gasteiger partial charge >= 0.3 is 0 Å². The van der Waals surface area contributed by atoms with Crippen molar-refractivity contribution in [1.82, 2.24) is 0 Å². The van der Waals surface area contributed by atoms with Gasteiger partial charge in [0.25, 0.3) is 0 Å². The second-order valence-electron chi connectivity index (χ2n) is 5.73. The topological polar surface area (TPSA) is 76.5 Å². The molecule has 120 valence electrons.